The normalized spacial score (nSPS) is 15.3. The van der Waals surface area contributed by atoms with Crippen molar-refractivity contribution in [1.82, 2.24) is 4.72 Å². The van der Waals surface area contributed by atoms with Gasteiger partial charge in [-0.3, -0.25) is 4.79 Å². The van der Waals surface area contributed by atoms with Crippen LogP contribution in [-0.4, -0.2) is 20.4 Å². The fourth-order valence-electron chi connectivity index (χ4n) is 3.23. The molecule has 4 N–H and O–H groups in total. The standard InChI is InChI=1S/C19H20F3N3O3S/c20-15-8-12(9-16(21)18(15)22)24-19(26)14-10-13(6-7-17(14)23)29(27,28)25-11-4-2-1-3-5-11/h6-11,25H,1-5,23H2,(H,24,26). The molecule has 0 radical (unpaired) electrons. The predicted molar refractivity (Wildman–Crippen MR) is 102 cm³/mol. The molecule has 0 aliphatic heterocycles. The van der Waals surface area contributed by atoms with Gasteiger partial charge in [0.05, 0.1) is 10.5 Å². The van der Waals surface area contributed by atoms with Crippen molar-refractivity contribution >= 4 is 27.3 Å². The molecule has 1 saturated carbocycles. The van der Waals surface area contributed by atoms with E-state index in [9.17, 15) is 26.4 Å². The SMILES string of the molecule is Nc1ccc(S(=O)(=O)NC2CCCCC2)cc1C(=O)Nc1cc(F)c(F)c(F)c1. The molecule has 0 atom stereocenters. The lowest BCUT2D eigenvalue weighted by atomic mass is 9.96. The predicted octanol–water partition coefficient (Wildman–Crippen LogP) is 3.55. The van der Waals surface area contributed by atoms with E-state index in [1.165, 1.54) is 12.1 Å². The van der Waals surface area contributed by atoms with Crippen molar-refractivity contribution in [3.63, 3.8) is 0 Å². The maximum Gasteiger partial charge on any atom is 0.257 e. The first-order chi connectivity index (χ1) is 13.7. The summed E-state index contributed by atoms with van der Waals surface area (Å²) < 4.78 is 67.6. The molecule has 0 spiro atoms. The van der Waals surface area contributed by atoms with Crippen LogP contribution in [-0.2, 0) is 10.0 Å². The number of nitrogen functional groups attached to an aromatic ring is 1. The smallest absolute Gasteiger partial charge is 0.257 e. The minimum Gasteiger partial charge on any atom is -0.398 e. The van der Waals surface area contributed by atoms with E-state index in [1.54, 1.807) is 0 Å². The molecule has 29 heavy (non-hydrogen) atoms. The van der Waals surface area contributed by atoms with Crippen LogP contribution < -0.4 is 15.8 Å². The third-order valence-electron chi connectivity index (χ3n) is 4.75. The zero-order chi connectivity index (χ0) is 21.2. The molecular formula is C19H20F3N3O3S. The van der Waals surface area contributed by atoms with Gasteiger partial charge >= 0.3 is 0 Å². The Hall–Kier alpha value is -2.59. The van der Waals surface area contributed by atoms with Crippen molar-refractivity contribution in [2.24, 2.45) is 0 Å². The fourth-order valence-corrected chi connectivity index (χ4v) is 4.56. The Balaban J connectivity index is 1.83. The second-order valence-corrected chi connectivity index (χ2v) is 8.63. The average molecular weight is 427 g/mol. The van der Waals surface area contributed by atoms with Crippen molar-refractivity contribution in [2.75, 3.05) is 11.1 Å². The average Bonchev–Trinajstić information content (AvgIpc) is 2.66. The summed E-state index contributed by atoms with van der Waals surface area (Å²) in [5.74, 6) is -5.49. The molecule has 0 aromatic heterocycles. The third-order valence-corrected chi connectivity index (χ3v) is 6.27. The van der Waals surface area contributed by atoms with E-state index in [1.807, 2.05) is 0 Å². The Bertz CT molecular complexity index is 1020. The van der Waals surface area contributed by atoms with E-state index in [0.717, 1.165) is 38.2 Å². The van der Waals surface area contributed by atoms with E-state index in [0.29, 0.717) is 12.1 Å². The zero-order valence-electron chi connectivity index (χ0n) is 15.3. The fraction of sp³-hybridized carbons (Fsp3) is 0.316. The highest BCUT2D eigenvalue weighted by atomic mass is 32.2. The molecule has 1 fully saturated rings. The van der Waals surface area contributed by atoms with Crippen molar-refractivity contribution in [3.05, 3.63) is 53.3 Å². The van der Waals surface area contributed by atoms with Crippen LogP contribution in [0.25, 0.3) is 0 Å². The number of benzene rings is 2. The number of carbonyl (C=O) groups is 1. The Morgan fingerprint density at radius 3 is 2.24 bits per heavy atom. The highest BCUT2D eigenvalue weighted by Crippen LogP contribution is 2.24. The second-order valence-electron chi connectivity index (χ2n) is 6.91. The van der Waals surface area contributed by atoms with E-state index < -0.39 is 33.4 Å². The maximum atomic E-state index is 13.3. The minimum atomic E-state index is -3.88. The van der Waals surface area contributed by atoms with Crippen LogP contribution in [0.3, 0.4) is 0 Å². The van der Waals surface area contributed by atoms with Crippen molar-refractivity contribution in [3.8, 4) is 0 Å². The summed E-state index contributed by atoms with van der Waals surface area (Å²) in [7, 11) is -3.88. The molecule has 1 aliphatic rings. The molecule has 0 saturated heterocycles. The van der Waals surface area contributed by atoms with Gasteiger partial charge in [0.2, 0.25) is 10.0 Å². The summed E-state index contributed by atoms with van der Waals surface area (Å²) in [6, 6.07) is 4.67. The van der Waals surface area contributed by atoms with Crippen LogP contribution in [0.2, 0.25) is 0 Å². The number of sulfonamides is 1. The first-order valence-corrected chi connectivity index (χ1v) is 10.5. The molecule has 2 aromatic carbocycles. The summed E-state index contributed by atoms with van der Waals surface area (Å²) in [4.78, 5) is 12.3. The van der Waals surface area contributed by atoms with Crippen LogP contribution in [0.4, 0.5) is 24.5 Å². The van der Waals surface area contributed by atoms with Gasteiger partial charge in [0.15, 0.2) is 17.5 Å². The molecule has 3 rings (SSSR count). The minimum absolute atomic E-state index is 0.0258. The van der Waals surface area contributed by atoms with Gasteiger partial charge in [-0.2, -0.15) is 0 Å². The number of hydrogen-bond acceptors (Lipinski definition) is 4. The van der Waals surface area contributed by atoms with E-state index in [-0.39, 0.29) is 27.9 Å². The molecule has 1 aliphatic carbocycles. The maximum absolute atomic E-state index is 13.3. The molecule has 10 heteroatoms. The lowest BCUT2D eigenvalue weighted by molar-refractivity contribution is 0.102. The summed E-state index contributed by atoms with van der Waals surface area (Å²) in [5, 5.41) is 2.19. The van der Waals surface area contributed by atoms with Crippen LogP contribution in [0, 0.1) is 17.5 Å². The lowest BCUT2D eigenvalue weighted by Gasteiger charge is -2.22. The highest BCUT2D eigenvalue weighted by molar-refractivity contribution is 7.89. The van der Waals surface area contributed by atoms with Crippen molar-refractivity contribution in [1.29, 1.82) is 0 Å². The zero-order valence-corrected chi connectivity index (χ0v) is 16.2. The Kier molecular flexibility index (Phi) is 6.13. The number of rotatable bonds is 5. The Labute approximate surface area is 166 Å². The van der Waals surface area contributed by atoms with Gasteiger partial charge in [0, 0.05) is 29.5 Å². The molecule has 0 bridgehead atoms. The number of amides is 1. The van der Waals surface area contributed by atoms with Crippen LogP contribution >= 0.6 is 0 Å². The first-order valence-electron chi connectivity index (χ1n) is 9.05. The number of nitrogens with two attached hydrogens (primary N) is 1. The summed E-state index contributed by atoms with van der Waals surface area (Å²) in [6.45, 7) is 0. The van der Waals surface area contributed by atoms with Gasteiger partial charge in [-0.1, -0.05) is 19.3 Å². The molecule has 156 valence electrons. The summed E-state index contributed by atoms with van der Waals surface area (Å²) in [5.41, 5.74) is 5.22. The molecular weight excluding hydrogens is 407 g/mol. The topological polar surface area (TPSA) is 101 Å². The molecule has 0 unspecified atom stereocenters. The van der Waals surface area contributed by atoms with Gasteiger partial charge in [-0.05, 0) is 31.0 Å². The Morgan fingerprint density at radius 2 is 1.62 bits per heavy atom. The van der Waals surface area contributed by atoms with Gasteiger partial charge in [-0.25, -0.2) is 26.3 Å². The third kappa shape index (κ3) is 4.88. The van der Waals surface area contributed by atoms with Gasteiger partial charge < -0.3 is 11.1 Å². The molecule has 0 heterocycles. The first kappa shape index (κ1) is 21.1. The van der Waals surface area contributed by atoms with Crippen molar-refractivity contribution in [2.45, 2.75) is 43.0 Å². The lowest BCUT2D eigenvalue weighted by Crippen LogP contribution is -2.36. The van der Waals surface area contributed by atoms with Crippen LogP contribution in [0.1, 0.15) is 42.5 Å². The van der Waals surface area contributed by atoms with Gasteiger partial charge in [0.25, 0.3) is 5.91 Å². The van der Waals surface area contributed by atoms with Crippen LogP contribution in [0.5, 0.6) is 0 Å². The molecule has 2 aromatic rings. The van der Waals surface area contributed by atoms with Gasteiger partial charge in [-0.15, -0.1) is 0 Å². The number of carbonyl (C=O) groups excluding carboxylic acids is 1. The number of hydrogen-bond donors (Lipinski definition) is 3. The molecule has 6 nitrogen and oxygen atoms in total. The van der Waals surface area contributed by atoms with Crippen LogP contribution in [0.15, 0.2) is 35.2 Å². The Morgan fingerprint density at radius 1 is 1.00 bits per heavy atom. The molecule has 1 amide bonds. The monoisotopic (exact) mass is 427 g/mol. The van der Waals surface area contributed by atoms with E-state index in [4.69, 9.17) is 5.73 Å². The quantitative estimate of drug-likeness (QED) is 0.502. The highest BCUT2D eigenvalue weighted by Gasteiger charge is 2.24. The van der Waals surface area contributed by atoms with E-state index in [2.05, 4.69) is 10.0 Å². The largest absolute Gasteiger partial charge is 0.398 e. The summed E-state index contributed by atoms with van der Waals surface area (Å²) >= 11 is 0. The van der Waals surface area contributed by atoms with E-state index >= 15 is 0 Å². The summed E-state index contributed by atoms with van der Waals surface area (Å²) in [6.07, 6.45) is 4.42. The second kappa shape index (κ2) is 8.42. The number of halogens is 3. The number of anilines is 2. The van der Waals surface area contributed by atoms with Gasteiger partial charge in [0.1, 0.15) is 0 Å². The number of nitrogens with one attached hydrogen (secondary N) is 2. The van der Waals surface area contributed by atoms with Crippen molar-refractivity contribution < 1.29 is 26.4 Å².